The van der Waals surface area contributed by atoms with Crippen LogP contribution in [0.5, 0.6) is 0 Å². The molecule has 5 aromatic heterocycles. The SMILES string of the molecule is CCCCCCCCCCCCCCCCCCOC[C@H](COP(=O)(OC[C@H]1O[C@@](C#N)(c2ccc3c(N)ncnn23)[C@H](O)[C@@H]1O)OC[C@H]1O[C@@](C#N)(c2ccc3c(N)ncnn23)[C@H](O)[C@@H]1O)OCc1ccc2ccccc2n1. The van der Waals surface area contributed by atoms with Crippen LogP contribution in [0.15, 0.2) is 73.3 Å². The standard InChI is InChI=1S/C55H74N11O12P/c1-2-3-4-5-6-7-8-9-10-11-12-13-14-15-16-19-28-72-30-40(73-29-39-23-22-38-20-17-18-21-41(38)64-39)31-74-79(71,75-32-44-48(67)50(69)54(34-56,77-44)46-26-24-42-52(58)60-36-62-65(42)46)76-33-45-49(68)51(70)55(35-57,78-45)47-27-25-43-53(59)61-37-63-66(43)47/h17-18,20-27,36-37,40,44-45,48-51,67-70H,2-16,19,28-33H2,1H3,(H2,58,60,62)(H2,59,61,63)/t40-,44-,45-,48-,49-,50-,51-,54+,55+/m1/s1. The summed E-state index contributed by atoms with van der Waals surface area (Å²) in [7, 11) is -4.94. The maximum absolute atomic E-state index is 15.0. The van der Waals surface area contributed by atoms with E-state index < -0.39 is 81.6 Å². The molecule has 2 saturated heterocycles. The second-order valence-electron chi connectivity index (χ2n) is 20.3. The summed E-state index contributed by atoms with van der Waals surface area (Å²) in [6.45, 7) is 0.623. The van der Waals surface area contributed by atoms with Gasteiger partial charge in [0.25, 0.3) is 0 Å². The molecule has 0 spiro atoms. The lowest BCUT2D eigenvalue weighted by molar-refractivity contribution is -0.0803. The van der Waals surface area contributed by atoms with Crippen LogP contribution in [0.4, 0.5) is 11.6 Å². The molecule has 2 aliphatic rings. The number of nitriles is 2. The van der Waals surface area contributed by atoms with Crippen molar-refractivity contribution in [1.82, 2.24) is 34.2 Å². The Morgan fingerprint density at radius 1 is 0.658 bits per heavy atom. The van der Waals surface area contributed by atoms with Crippen LogP contribution in [0.2, 0.25) is 0 Å². The lowest BCUT2D eigenvalue weighted by Gasteiger charge is -2.26. The number of nitrogen functional groups attached to an aromatic ring is 2. The zero-order valence-electron chi connectivity index (χ0n) is 44.7. The van der Waals surface area contributed by atoms with Gasteiger partial charge in [-0.15, -0.1) is 0 Å². The second kappa shape index (κ2) is 28.1. The van der Waals surface area contributed by atoms with E-state index in [-0.39, 0.29) is 36.2 Å². The highest BCUT2D eigenvalue weighted by molar-refractivity contribution is 7.48. The number of ether oxygens (including phenoxy) is 4. The van der Waals surface area contributed by atoms with Gasteiger partial charge in [0, 0.05) is 12.0 Å². The topological polar surface area (TPSA) is 335 Å². The van der Waals surface area contributed by atoms with Crippen LogP contribution in [-0.2, 0) is 54.9 Å². The molecule has 2 aliphatic heterocycles. The Bertz CT molecular complexity index is 2910. The fourth-order valence-corrected chi connectivity index (χ4v) is 11.5. The van der Waals surface area contributed by atoms with Gasteiger partial charge in [0.2, 0.25) is 11.2 Å². The number of para-hydroxylation sites is 1. The van der Waals surface area contributed by atoms with E-state index in [2.05, 4.69) is 27.1 Å². The first-order valence-electron chi connectivity index (χ1n) is 27.5. The van der Waals surface area contributed by atoms with Gasteiger partial charge in [0.1, 0.15) is 78.6 Å². The van der Waals surface area contributed by atoms with E-state index in [1.54, 1.807) is 0 Å². The molecular weight excluding hydrogens is 1040 g/mol. The lowest BCUT2D eigenvalue weighted by Crippen LogP contribution is -2.41. The summed E-state index contributed by atoms with van der Waals surface area (Å²) in [5, 5.41) is 76.1. The summed E-state index contributed by atoms with van der Waals surface area (Å²) >= 11 is 0. The Morgan fingerprint density at radius 2 is 1.15 bits per heavy atom. The molecule has 7 heterocycles. The fourth-order valence-electron chi connectivity index (χ4n) is 10.2. The van der Waals surface area contributed by atoms with Gasteiger partial charge in [-0.25, -0.2) is 23.6 Å². The normalized spacial score (nSPS) is 23.7. The van der Waals surface area contributed by atoms with Gasteiger partial charge in [-0.05, 0) is 42.8 Å². The summed E-state index contributed by atoms with van der Waals surface area (Å²) < 4.78 is 60.0. The van der Waals surface area contributed by atoms with Gasteiger partial charge < -0.3 is 50.8 Å². The zero-order chi connectivity index (χ0) is 55.8. The highest BCUT2D eigenvalue weighted by Crippen LogP contribution is 2.52. The quantitative estimate of drug-likeness (QED) is 0.0180. The first-order chi connectivity index (χ1) is 38.4. The molecule has 0 aliphatic carbocycles. The number of pyridine rings is 1. The van der Waals surface area contributed by atoms with Crippen molar-refractivity contribution in [2.24, 2.45) is 0 Å². The van der Waals surface area contributed by atoms with Crippen LogP contribution in [0.3, 0.4) is 0 Å². The zero-order valence-corrected chi connectivity index (χ0v) is 45.6. The Balaban J connectivity index is 0.933. The average molecular weight is 1110 g/mol. The maximum Gasteiger partial charge on any atom is 0.475 e. The lowest BCUT2D eigenvalue weighted by atomic mass is 9.92. The summed E-state index contributed by atoms with van der Waals surface area (Å²) in [4.78, 5) is 12.7. The van der Waals surface area contributed by atoms with Crippen molar-refractivity contribution < 1.29 is 57.5 Å². The van der Waals surface area contributed by atoms with Crippen LogP contribution in [0.25, 0.3) is 21.9 Å². The number of aliphatic hydroxyl groups is 4. The number of nitrogens with two attached hydrogens (primary N) is 2. The molecule has 0 amide bonds. The Hall–Kier alpha value is -5.76. The highest BCUT2D eigenvalue weighted by atomic mass is 31.2. The van der Waals surface area contributed by atoms with E-state index in [0.29, 0.717) is 23.3 Å². The molecule has 0 bridgehead atoms. The fraction of sp³-hybridized carbons (Fsp3) is 0.582. The smallest absolute Gasteiger partial charge is 0.387 e. The Labute approximate surface area is 459 Å². The molecular formula is C55H74N11O12P. The van der Waals surface area contributed by atoms with Crippen LogP contribution in [0.1, 0.15) is 127 Å². The molecule has 2 fully saturated rings. The van der Waals surface area contributed by atoms with Crippen molar-refractivity contribution in [1.29, 1.82) is 10.5 Å². The summed E-state index contributed by atoms with van der Waals surface area (Å²) in [5.41, 5.74) is 9.61. The number of anilines is 2. The average Bonchev–Trinajstić information content (AvgIpc) is 4.36. The molecule has 8 rings (SSSR count). The van der Waals surface area contributed by atoms with Crippen LogP contribution < -0.4 is 11.5 Å². The second-order valence-corrected chi connectivity index (χ2v) is 22.0. The number of aromatic nitrogens is 7. The molecule has 24 heteroatoms. The number of nitrogens with zero attached hydrogens (tertiary/aromatic N) is 9. The first-order valence-corrected chi connectivity index (χ1v) is 29.0. The van der Waals surface area contributed by atoms with E-state index in [1.807, 2.05) is 48.5 Å². The van der Waals surface area contributed by atoms with Gasteiger partial charge in [-0.1, -0.05) is 128 Å². The van der Waals surface area contributed by atoms with Crippen molar-refractivity contribution in [3.8, 4) is 12.1 Å². The minimum absolute atomic E-state index is 0.00628. The monoisotopic (exact) mass is 1110 g/mol. The minimum Gasteiger partial charge on any atom is -0.387 e. The van der Waals surface area contributed by atoms with Crippen LogP contribution >= 0.6 is 7.82 Å². The number of fused-ring (bicyclic) bond motifs is 3. The number of benzene rings is 1. The van der Waals surface area contributed by atoms with Crippen LogP contribution in [0, 0.1) is 22.7 Å². The molecule has 9 atom stereocenters. The third-order valence-corrected chi connectivity index (χ3v) is 16.2. The first kappa shape index (κ1) is 59.4. The molecule has 8 N–H and O–H groups in total. The van der Waals surface area contributed by atoms with Gasteiger partial charge in [0.05, 0.1) is 55.6 Å². The number of aliphatic hydroxyl groups excluding tert-OH is 4. The largest absolute Gasteiger partial charge is 0.475 e. The van der Waals surface area contributed by atoms with Crippen molar-refractivity contribution in [2.45, 2.75) is 170 Å². The van der Waals surface area contributed by atoms with E-state index in [0.717, 1.165) is 49.2 Å². The third-order valence-electron chi connectivity index (χ3n) is 14.8. The third kappa shape index (κ3) is 14.1. The Morgan fingerprint density at radius 3 is 1.66 bits per heavy atom. The van der Waals surface area contributed by atoms with Crippen molar-refractivity contribution in [2.75, 3.05) is 44.5 Å². The predicted molar refractivity (Wildman–Crippen MR) is 289 cm³/mol. The molecule has 0 radical (unpaired) electrons. The molecule has 0 saturated carbocycles. The molecule has 426 valence electrons. The van der Waals surface area contributed by atoms with Crippen molar-refractivity contribution in [3.63, 3.8) is 0 Å². The van der Waals surface area contributed by atoms with Crippen LogP contribution in [-0.4, -0.2) is 130 Å². The minimum atomic E-state index is -4.94. The number of phosphoric acid groups is 1. The highest BCUT2D eigenvalue weighted by Gasteiger charge is 2.59. The number of hydrogen-bond acceptors (Lipinski definition) is 21. The number of phosphoric ester groups is 1. The molecule has 1 aromatic carbocycles. The van der Waals surface area contributed by atoms with E-state index in [1.165, 1.54) is 110 Å². The number of rotatable bonds is 33. The van der Waals surface area contributed by atoms with Gasteiger partial charge in [-0.3, -0.25) is 18.6 Å². The molecule has 23 nitrogen and oxygen atoms in total. The van der Waals surface area contributed by atoms with Gasteiger partial charge in [-0.2, -0.15) is 20.7 Å². The van der Waals surface area contributed by atoms with E-state index >= 15 is 4.57 Å². The van der Waals surface area contributed by atoms with E-state index in [4.69, 9.17) is 49.0 Å². The van der Waals surface area contributed by atoms with Gasteiger partial charge in [0.15, 0.2) is 11.6 Å². The Kier molecular flexibility index (Phi) is 21.1. The number of unbranched alkanes of at least 4 members (excludes halogenated alkanes) is 15. The van der Waals surface area contributed by atoms with Crippen molar-refractivity contribution in [3.05, 3.63) is 90.4 Å². The summed E-state index contributed by atoms with van der Waals surface area (Å²) in [5.74, 6) is 0.158. The van der Waals surface area contributed by atoms with Crippen molar-refractivity contribution >= 4 is 41.4 Å². The maximum atomic E-state index is 15.0. The molecule has 0 unspecified atom stereocenters. The molecule has 79 heavy (non-hydrogen) atoms. The summed E-state index contributed by atoms with van der Waals surface area (Å²) in [6.07, 6.45) is 10.7. The van der Waals surface area contributed by atoms with E-state index in [9.17, 15) is 30.9 Å². The predicted octanol–water partition coefficient (Wildman–Crippen LogP) is 6.89. The summed E-state index contributed by atoms with van der Waals surface area (Å²) in [6, 6.07) is 21.2. The molecule has 6 aromatic rings. The number of hydrogen-bond donors (Lipinski definition) is 6. The van der Waals surface area contributed by atoms with Gasteiger partial charge >= 0.3 is 7.82 Å².